The molecule has 0 fully saturated rings. The predicted molar refractivity (Wildman–Crippen MR) is 254 cm³/mol. The van der Waals surface area contributed by atoms with E-state index in [2.05, 4.69) is 31.3 Å². The molecular formula is C45H65BF2N12O8. The van der Waals surface area contributed by atoms with Gasteiger partial charge in [-0.05, 0) is 94.2 Å². The molecule has 4 atom stereocenters. The molecule has 13 N–H and O–H groups in total. The minimum absolute atomic E-state index is 0.0193. The lowest BCUT2D eigenvalue weighted by molar-refractivity contribution is -0.362. The number of aliphatic hydroxyl groups excluding tert-OH is 1. The van der Waals surface area contributed by atoms with E-state index in [1.807, 2.05) is 13.8 Å². The number of hydrogen-bond acceptors (Lipinski definition) is 10. The van der Waals surface area contributed by atoms with Crippen LogP contribution in [-0.4, -0.2) is 125 Å². The maximum atomic E-state index is 16.0. The quantitative estimate of drug-likeness (QED) is 0.0218. The van der Waals surface area contributed by atoms with Crippen LogP contribution in [0.25, 0.3) is 6.08 Å². The van der Waals surface area contributed by atoms with Crippen molar-refractivity contribution in [1.29, 1.82) is 0 Å². The monoisotopic (exact) mass is 951 g/mol. The van der Waals surface area contributed by atoms with Gasteiger partial charge in [0.15, 0.2) is 30.0 Å². The van der Waals surface area contributed by atoms with Crippen LogP contribution < -0.4 is 44.2 Å². The summed E-state index contributed by atoms with van der Waals surface area (Å²) < 4.78 is 39.3. The second-order valence-electron chi connectivity index (χ2n) is 17.4. The molecule has 2 aliphatic heterocycles. The van der Waals surface area contributed by atoms with Crippen molar-refractivity contribution in [2.45, 2.75) is 111 Å². The summed E-state index contributed by atoms with van der Waals surface area (Å²) in [5, 5.41) is 20.6. The van der Waals surface area contributed by atoms with E-state index in [4.69, 9.17) is 27.7 Å². The number of esters is 1. The number of nitrogens with zero attached hydrogens (tertiary/aromatic N) is 4. The number of hydrogen-bond donors (Lipinski definition) is 9. The summed E-state index contributed by atoms with van der Waals surface area (Å²) in [6, 6.07) is 1.46. The summed E-state index contributed by atoms with van der Waals surface area (Å²) in [5.41, 5.74) is 25.4. The van der Waals surface area contributed by atoms with Gasteiger partial charge < -0.3 is 71.6 Å². The molecule has 4 rings (SSSR count). The molecule has 2 aromatic rings. The lowest BCUT2D eigenvalue weighted by atomic mass is 9.90. The average Bonchev–Trinajstić information content (AvgIpc) is 3.81. The number of amides is 4. The van der Waals surface area contributed by atoms with Crippen molar-refractivity contribution in [3.63, 3.8) is 0 Å². The van der Waals surface area contributed by atoms with Crippen LogP contribution in [0.2, 0.25) is 0 Å². The molecule has 0 radical (unpaired) electrons. The largest absolute Gasteiger partial charge is 0.737 e. The lowest BCUT2D eigenvalue weighted by Gasteiger charge is -2.30. The number of halogens is 2. The van der Waals surface area contributed by atoms with E-state index in [9.17, 15) is 33.9 Å². The first-order valence-corrected chi connectivity index (χ1v) is 22.5. The van der Waals surface area contributed by atoms with E-state index < -0.39 is 79.7 Å². The number of carbonyl (C=O) groups excluding carboxylic acids is 6. The smallest absolute Gasteiger partial charge is 0.454 e. The number of rotatable bonds is 25. The minimum Gasteiger partial charge on any atom is -0.454 e. The second-order valence-corrected chi connectivity index (χ2v) is 17.4. The standard InChI is InChI=1S/C45H65BF2N12O8/c1-25(2)20-34(55-38(63)17-16-30-14-15-31-22-36-28(5)21-29(6)59(36)46(47,48)60(30)31)41(65)57-33(13-9-19-54-45(51)52)40(64)58-35(23-61)42(66)56-32(12-8-18-53-44(49)50)37(62)24-68-43(67)39-26(3)10-7-11-27(39)4/h7,10-11,14-15,21-22,25,32-35,61H,8-9,12-13,16-20,23-24H2,1-6H3,(H,55,63)(H,56,66)(H,57,65)(H,58,64)(H4,49,50,53)(H4,51,52,54)/t32-,33-,34-,35-/m0/s1. The normalized spacial score (nSPS) is 15.2. The van der Waals surface area contributed by atoms with Crippen molar-refractivity contribution in [3.8, 4) is 0 Å². The Morgan fingerprint density at radius 1 is 0.794 bits per heavy atom. The molecule has 3 heterocycles. The van der Waals surface area contributed by atoms with E-state index in [0.29, 0.717) is 28.2 Å². The van der Waals surface area contributed by atoms with Crippen LogP contribution in [0.5, 0.6) is 0 Å². The van der Waals surface area contributed by atoms with Crippen LogP contribution in [0.4, 0.5) is 8.63 Å². The summed E-state index contributed by atoms with van der Waals surface area (Å²) in [5.74, 6) is -5.21. The van der Waals surface area contributed by atoms with Crippen molar-refractivity contribution < 1.29 is 51.7 Å². The molecule has 1 aromatic carbocycles. The van der Waals surface area contributed by atoms with E-state index in [1.165, 1.54) is 0 Å². The number of fused-ring (bicyclic) bond motifs is 2. The van der Waals surface area contributed by atoms with Crippen LogP contribution in [0, 0.1) is 33.6 Å². The molecule has 0 saturated carbocycles. The van der Waals surface area contributed by atoms with Crippen LogP contribution >= 0.6 is 0 Å². The van der Waals surface area contributed by atoms with Crippen molar-refractivity contribution in [2.24, 2.45) is 38.8 Å². The minimum atomic E-state index is -4.25. The third kappa shape index (κ3) is 14.3. The van der Waals surface area contributed by atoms with Gasteiger partial charge in [0.25, 0.3) is 0 Å². The molecule has 0 saturated heterocycles. The Morgan fingerprint density at radius 3 is 1.94 bits per heavy atom. The maximum absolute atomic E-state index is 16.0. The van der Waals surface area contributed by atoms with Gasteiger partial charge in [0.1, 0.15) is 23.8 Å². The number of aryl methyl sites for hydroxylation is 4. The number of aliphatic hydroxyl groups is 1. The third-order valence-electron chi connectivity index (χ3n) is 11.5. The number of nitrogens with one attached hydrogen (secondary N) is 4. The molecule has 20 nitrogen and oxygen atoms in total. The van der Waals surface area contributed by atoms with Crippen LogP contribution in [0.15, 0.2) is 52.1 Å². The number of aromatic nitrogens is 1. The van der Waals surface area contributed by atoms with Crippen LogP contribution in [0.1, 0.15) is 97.2 Å². The zero-order valence-corrected chi connectivity index (χ0v) is 39.4. The summed E-state index contributed by atoms with van der Waals surface area (Å²) in [6.45, 7) is 4.69. The van der Waals surface area contributed by atoms with Crippen molar-refractivity contribution in [2.75, 3.05) is 26.3 Å². The first-order chi connectivity index (χ1) is 32.0. The van der Waals surface area contributed by atoms with Crippen LogP contribution in [-0.2, 0) is 28.7 Å². The highest BCUT2D eigenvalue weighted by atomic mass is 19.2. The van der Waals surface area contributed by atoms with Crippen molar-refractivity contribution >= 4 is 66.1 Å². The Labute approximate surface area is 394 Å². The molecule has 4 amide bonds. The third-order valence-corrected chi connectivity index (χ3v) is 11.5. The number of carbonyl (C=O) groups is 6. The van der Waals surface area contributed by atoms with Crippen molar-refractivity contribution in [3.05, 3.63) is 75.8 Å². The summed E-state index contributed by atoms with van der Waals surface area (Å²) >= 11 is 0. The molecule has 68 heavy (non-hydrogen) atoms. The Kier molecular flexibility index (Phi) is 19.1. The average molecular weight is 951 g/mol. The SMILES string of the molecule is Cc1cccc(C)c1C(=O)OCC(=O)[C@H](CCCN=C(N)N)NC(=O)[C@H](CO)NC(=O)[C@H](CCCN=C(N)N)NC(=O)[C@H](CC(C)C)NC(=O)CCC1=[N+]2C(=Cc3c(C)cc(C)n3[B-]2(F)F)C=C1. The molecule has 1 aromatic heterocycles. The molecule has 370 valence electrons. The van der Waals surface area contributed by atoms with E-state index in [1.54, 1.807) is 70.2 Å². The molecule has 2 aliphatic rings. The zero-order valence-electron chi connectivity index (χ0n) is 39.4. The van der Waals surface area contributed by atoms with Gasteiger partial charge in [-0.15, -0.1) is 0 Å². The predicted octanol–water partition coefficient (Wildman–Crippen LogP) is 0.613. The number of ketones is 1. The highest BCUT2D eigenvalue weighted by molar-refractivity contribution is 6.58. The molecule has 0 unspecified atom stereocenters. The van der Waals surface area contributed by atoms with Gasteiger partial charge in [0, 0.05) is 49.9 Å². The molecule has 0 spiro atoms. The Hall–Kier alpha value is -6.91. The molecule has 0 aliphatic carbocycles. The number of aliphatic imine (C=N–C) groups is 2. The number of allylic oxidation sites excluding steroid dienone is 2. The van der Waals surface area contributed by atoms with Gasteiger partial charge in [0.05, 0.1) is 18.2 Å². The van der Waals surface area contributed by atoms with Gasteiger partial charge in [-0.2, -0.15) is 0 Å². The fraction of sp³-hybridized carbons (Fsp3) is 0.489. The van der Waals surface area contributed by atoms with Gasteiger partial charge in [-0.3, -0.25) is 34.0 Å². The first-order valence-electron chi connectivity index (χ1n) is 22.5. The summed E-state index contributed by atoms with van der Waals surface area (Å²) in [7, 11) is 0. The maximum Gasteiger partial charge on any atom is 0.737 e. The van der Waals surface area contributed by atoms with E-state index in [0.717, 1.165) is 14.5 Å². The highest BCUT2D eigenvalue weighted by Crippen LogP contribution is 2.34. The number of ether oxygens (including phenoxy) is 1. The van der Waals surface area contributed by atoms with Gasteiger partial charge in [0.2, 0.25) is 23.6 Å². The van der Waals surface area contributed by atoms with E-state index >= 15 is 8.63 Å². The number of benzene rings is 1. The lowest BCUT2D eigenvalue weighted by Crippen LogP contribution is -2.58. The molecule has 23 heteroatoms. The molecular weight excluding hydrogens is 885 g/mol. The second kappa shape index (κ2) is 24.2. The number of Topliss-reactive ketones (excluding diaryl/α,β-unsaturated/α-hetero) is 1. The van der Waals surface area contributed by atoms with Crippen LogP contribution in [0.3, 0.4) is 0 Å². The van der Waals surface area contributed by atoms with Gasteiger partial charge in [-0.1, -0.05) is 32.0 Å². The summed E-state index contributed by atoms with van der Waals surface area (Å²) in [4.78, 5) is 89.1. The highest BCUT2D eigenvalue weighted by Gasteiger charge is 2.52. The number of nitrogens with two attached hydrogens (primary N) is 4. The zero-order chi connectivity index (χ0) is 50.5. The Morgan fingerprint density at radius 2 is 1.35 bits per heavy atom. The summed E-state index contributed by atoms with van der Waals surface area (Å²) in [6.07, 6.45) is 4.91. The fourth-order valence-corrected chi connectivity index (χ4v) is 8.15. The number of guanidine groups is 2. The fourth-order valence-electron chi connectivity index (χ4n) is 8.15. The van der Waals surface area contributed by atoms with Gasteiger partial charge >= 0.3 is 12.9 Å². The van der Waals surface area contributed by atoms with Crippen molar-refractivity contribution in [1.82, 2.24) is 25.7 Å². The topological polar surface area (TPSA) is 317 Å². The first kappa shape index (κ1) is 53.7. The Bertz CT molecular complexity index is 2370. The molecule has 0 bridgehead atoms. The van der Waals surface area contributed by atoms with E-state index in [-0.39, 0.29) is 87.1 Å². The van der Waals surface area contributed by atoms with Gasteiger partial charge in [-0.25, -0.2) is 4.79 Å². The Balaban J connectivity index is 1.46.